The Morgan fingerprint density at radius 2 is 1.88 bits per heavy atom. The van der Waals surface area contributed by atoms with E-state index < -0.39 is 0 Å². The predicted octanol–water partition coefficient (Wildman–Crippen LogP) is 2.07. The normalized spacial score (nSPS) is 32.2. The number of nitrogens with zero attached hydrogens (tertiary/aromatic N) is 1. The van der Waals surface area contributed by atoms with Crippen LogP contribution in [0, 0.1) is 5.41 Å². The molecule has 1 aliphatic carbocycles. The molecule has 0 bridgehead atoms. The lowest BCUT2D eigenvalue weighted by molar-refractivity contribution is -0.155. The molecule has 0 atom stereocenters. The minimum Gasteiger partial charge on any atom is -0.469 e. The van der Waals surface area contributed by atoms with E-state index in [-0.39, 0.29) is 41.4 Å². The molecule has 0 aromatic heterocycles. The second-order valence-corrected chi connectivity index (χ2v) is 7.45. The number of hydrogen-bond donors (Lipinski definition) is 2. The molecule has 2 amide bonds. The fourth-order valence-electron chi connectivity index (χ4n) is 4.60. The van der Waals surface area contributed by atoms with Crippen LogP contribution in [0.2, 0.25) is 0 Å². The fraction of sp³-hybridized carbons (Fsp3) is 0.882. The Labute approximate surface area is 150 Å². The molecule has 0 aromatic carbocycles. The van der Waals surface area contributed by atoms with Crippen molar-refractivity contribution in [1.29, 1.82) is 0 Å². The zero-order chi connectivity index (χ0) is 16.5. The summed E-state index contributed by atoms with van der Waals surface area (Å²) in [5.74, 6) is -0.0841. The van der Waals surface area contributed by atoms with Crippen LogP contribution in [0.4, 0.5) is 4.79 Å². The predicted molar refractivity (Wildman–Crippen MR) is 94.3 cm³/mol. The molecule has 0 unspecified atom stereocenters. The van der Waals surface area contributed by atoms with E-state index in [9.17, 15) is 9.59 Å². The van der Waals surface area contributed by atoms with Gasteiger partial charge in [-0.05, 0) is 58.0 Å². The minimum absolute atomic E-state index is 0. The van der Waals surface area contributed by atoms with E-state index in [4.69, 9.17) is 4.74 Å². The van der Waals surface area contributed by atoms with Gasteiger partial charge in [-0.15, -0.1) is 12.4 Å². The summed E-state index contributed by atoms with van der Waals surface area (Å²) < 4.78 is 5.02. The fourth-order valence-corrected chi connectivity index (χ4v) is 4.60. The molecule has 3 fully saturated rings. The second-order valence-electron chi connectivity index (χ2n) is 7.45. The number of nitrogens with one attached hydrogen (secondary N) is 2. The van der Waals surface area contributed by atoms with Crippen LogP contribution in [-0.4, -0.2) is 55.2 Å². The number of methoxy groups -OCH3 is 1. The molecule has 138 valence electrons. The number of urea groups is 1. The molecule has 24 heavy (non-hydrogen) atoms. The molecule has 0 radical (unpaired) electrons. The van der Waals surface area contributed by atoms with Crippen LogP contribution < -0.4 is 10.6 Å². The smallest absolute Gasteiger partial charge is 0.318 e. The Kier molecular flexibility index (Phi) is 6.02. The van der Waals surface area contributed by atoms with Gasteiger partial charge in [0, 0.05) is 12.6 Å². The molecule has 0 aromatic rings. The van der Waals surface area contributed by atoms with Crippen molar-refractivity contribution in [3.8, 4) is 0 Å². The molecule has 6 nitrogen and oxygen atoms in total. The number of halogens is 1. The van der Waals surface area contributed by atoms with Gasteiger partial charge < -0.3 is 20.3 Å². The minimum atomic E-state index is -0.339. The lowest BCUT2D eigenvalue weighted by Crippen LogP contribution is -2.51. The van der Waals surface area contributed by atoms with Gasteiger partial charge in [-0.1, -0.05) is 6.92 Å². The SMILES string of the molecule is CC[C@]1(C(=O)OC)CC[C@H](N2CC3(CCNCC3)NC2=O)CC1.Cl. The molecule has 3 aliphatic rings. The number of carbonyl (C=O) groups excluding carboxylic acids is 2. The van der Waals surface area contributed by atoms with Crippen molar-refractivity contribution >= 4 is 24.4 Å². The first-order valence-corrected chi connectivity index (χ1v) is 8.92. The average Bonchev–Trinajstić information content (AvgIpc) is 2.90. The Morgan fingerprint density at radius 3 is 2.42 bits per heavy atom. The maximum Gasteiger partial charge on any atom is 0.318 e. The summed E-state index contributed by atoms with van der Waals surface area (Å²) in [6.45, 7) is 4.82. The largest absolute Gasteiger partial charge is 0.469 e. The number of amides is 2. The van der Waals surface area contributed by atoms with E-state index in [1.165, 1.54) is 7.11 Å². The van der Waals surface area contributed by atoms with Crippen molar-refractivity contribution in [3.63, 3.8) is 0 Å². The van der Waals surface area contributed by atoms with Crippen LogP contribution >= 0.6 is 12.4 Å². The monoisotopic (exact) mass is 359 g/mol. The third kappa shape index (κ3) is 3.36. The molecule has 1 spiro atoms. The first-order valence-electron chi connectivity index (χ1n) is 8.92. The summed E-state index contributed by atoms with van der Waals surface area (Å²) in [7, 11) is 1.47. The summed E-state index contributed by atoms with van der Waals surface area (Å²) in [5, 5.41) is 6.60. The lowest BCUT2D eigenvalue weighted by atomic mass is 9.70. The van der Waals surface area contributed by atoms with Gasteiger partial charge in [-0.2, -0.15) is 0 Å². The maximum absolute atomic E-state index is 12.5. The van der Waals surface area contributed by atoms with Crippen LogP contribution in [0.25, 0.3) is 0 Å². The number of carbonyl (C=O) groups is 2. The van der Waals surface area contributed by atoms with Crippen LogP contribution in [-0.2, 0) is 9.53 Å². The number of esters is 1. The van der Waals surface area contributed by atoms with E-state index >= 15 is 0 Å². The number of rotatable bonds is 3. The second kappa shape index (κ2) is 7.48. The average molecular weight is 360 g/mol. The molecule has 3 rings (SSSR count). The molecule has 2 heterocycles. The Balaban J connectivity index is 0.00000208. The number of hydrogen-bond acceptors (Lipinski definition) is 4. The van der Waals surface area contributed by atoms with Crippen LogP contribution in [0.1, 0.15) is 51.9 Å². The first-order chi connectivity index (χ1) is 11.0. The number of ether oxygens (including phenoxy) is 1. The lowest BCUT2D eigenvalue weighted by Gasteiger charge is -2.40. The highest BCUT2D eigenvalue weighted by Crippen LogP contribution is 2.42. The zero-order valence-corrected chi connectivity index (χ0v) is 15.5. The molecular weight excluding hydrogens is 330 g/mol. The van der Waals surface area contributed by atoms with E-state index in [0.29, 0.717) is 0 Å². The molecule has 1 saturated carbocycles. The summed E-state index contributed by atoms with van der Waals surface area (Å²) >= 11 is 0. The van der Waals surface area contributed by atoms with E-state index in [1.807, 2.05) is 4.90 Å². The molecule has 2 aliphatic heterocycles. The third-order valence-corrected chi connectivity index (χ3v) is 6.31. The van der Waals surface area contributed by atoms with Crippen LogP contribution in [0.3, 0.4) is 0 Å². The standard InChI is InChI=1S/C17H29N3O3.ClH/c1-3-16(14(21)23-2)6-4-13(5-7-16)20-12-17(19-15(20)22)8-10-18-11-9-17;/h13,18H,3-12H2,1-2H3,(H,19,22);1H/t13-,16-;. The van der Waals surface area contributed by atoms with Gasteiger partial charge in [0.1, 0.15) is 0 Å². The van der Waals surface area contributed by atoms with Crippen molar-refractivity contribution in [1.82, 2.24) is 15.5 Å². The Bertz CT molecular complexity index is 472. The first kappa shape index (κ1) is 19.3. The van der Waals surface area contributed by atoms with Gasteiger partial charge in [-0.3, -0.25) is 4.79 Å². The summed E-state index contributed by atoms with van der Waals surface area (Å²) in [4.78, 5) is 26.6. The van der Waals surface area contributed by atoms with E-state index in [1.54, 1.807) is 0 Å². The van der Waals surface area contributed by atoms with Crippen molar-refractivity contribution in [3.05, 3.63) is 0 Å². The quantitative estimate of drug-likeness (QED) is 0.757. The topological polar surface area (TPSA) is 70.7 Å². The van der Waals surface area contributed by atoms with Gasteiger partial charge >= 0.3 is 12.0 Å². The maximum atomic E-state index is 12.5. The van der Waals surface area contributed by atoms with Gasteiger partial charge in [0.05, 0.1) is 18.1 Å². The highest BCUT2D eigenvalue weighted by Gasteiger charge is 2.48. The summed E-state index contributed by atoms with van der Waals surface area (Å²) in [6, 6.07) is 0.340. The third-order valence-electron chi connectivity index (χ3n) is 6.31. The van der Waals surface area contributed by atoms with E-state index in [0.717, 1.165) is 64.6 Å². The number of piperidine rings is 1. The van der Waals surface area contributed by atoms with Crippen LogP contribution in [0.15, 0.2) is 0 Å². The molecule has 2 N–H and O–H groups in total. The van der Waals surface area contributed by atoms with Gasteiger partial charge in [0.15, 0.2) is 0 Å². The molecule has 7 heteroatoms. The van der Waals surface area contributed by atoms with Gasteiger partial charge in [-0.25, -0.2) is 4.79 Å². The van der Waals surface area contributed by atoms with Crippen molar-refractivity contribution in [2.75, 3.05) is 26.7 Å². The Hall–Kier alpha value is -1.01. The van der Waals surface area contributed by atoms with Crippen molar-refractivity contribution < 1.29 is 14.3 Å². The van der Waals surface area contributed by atoms with Gasteiger partial charge in [0.2, 0.25) is 0 Å². The van der Waals surface area contributed by atoms with Crippen molar-refractivity contribution in [2.45, 2.75) is 63.5 Å². The van der Waals surface area contributed by atoms with Crippen LogP contribution in [0.5, 0.6) is 0 Å². The highest BCUT2D eigenvalue weighted by molar-refractivity contribution is 5.85. The summed E-state index contributed by atoms with van der Waals surface area (Å²) in [6.07, 6.45) is 6.24. The van der Waals surface area contributed by atoms with Gasteiger partial charge in [0.25, 0.3) is 0 Å². The Morgan fingerprint density at radius 1 is 1.25 bits per heavy atom. The van der Waals surface area contributed by atoms with E-state index in [2.05, 4.69) is 17.6 Å². The summed E-state index contributed by atoms with van der Waals surface area (Å²) in [5.41, 5.74) is -0.377. The zero-order valence-electron chi connectivity index (χ0n) is 14.7. The molecule has 2 saturated heterocycles. The van der Waals surface area contributed by atoms with Crippen molar-refractivity contribution in [2.24, 2.45) is 5.41 Å². The molecular formula is C17H30ClN3O3. The highest BCUT2D eigenvalue weighted by atomic mass is 35.5.